The Morgan fingerprint density at radius 2 is 1.90 bits per heavy atom. The predicted molar refractivity (Wildman–Crippen MR) is 84.8 cm³/mol. The Bertz CT molecular complexity index is 448. The number of piperidine rings is 1. The van der Waals surface area contributed by atoms with Crippen LogP contribution in [-0.2, 0) is 10.0 Å². The lowest BCUT2D eigenvalue weighted by Gasteiger charge is -2.41. The van der Waals surface area contributed by atoms with E-state index in [2.05, 4.69) is 17.1 Å². The Balaban J connectivity index is 1.58. The van der Waals surface area contributed by atoms with Gasteiger partial charge in [-0.25, -0.2) is 8.42 Å². The van der Waals surface area contributed by atoms with E-state index >= 15 is 0 Å². The van der Waals surface area contributed by atoms with Gasteiger partial charge in [-0.2, -0.15) is 4.31 Å². The highest BCUT2D eigenvalue weighted by Crippen LogP contribution is 2.27. The lowest BCUT2D eigenvalue weighted by Crippen LogP contribution is -2.57. The molecule has 0 saturated carbocycles. The molecule has 0 spiro atoms. The highest BCUT2D eigenvalue weighted by atomic mass is 32.2. The van der Waals surface area contributed by atoms with Crippen molar-refractivity contribution in [3.05, 3.63) is 0 Å². The number of piperazine rings is 1. The predicted octanol–water partition coefficient (Wildman–Crippen LogP) is 0.874. The van der Waals surface area contributed by atoms with Crippen LogP contribution in [-0.4, -0.2) is 68.2 Å². The molecule has 3 aliphatic heterocycles. The summed E-state index contributed by atoms with van der Waals surface area (Å²) in [4.78, 5) is 2.48. The zero-order valence-corrected chi connectivity index (χ0v) is 13.9. The molecule has 0 aliphatic carbocycles. The van der Waals surface area contributed by atoms with Gasteiger partial charge in [0.1, 0.15) is 0 Å². The summed E-state index contributed by atoms with van der Waals surface area (Å²) in [6, 6.07) is 0.604. The van der Waals surface area contributed by atoms with Gasteiger partial charge >= 0.3 is 0 Å². The first-order valence-electron chi connectivity index (χ1n) is 8.50. The summed E-state index contributed by atoms with van der Waals surface area (Å²) in [5.41, 5.74) is 0. The molecule has 3 fully saturated rings. The maximum atomic E-state index is 12.7. The molecule has 2 unspecified atom stereocenters. The Morgan fingerprint density at radius 1 is 1.14 bits per heavy atom. The van der Waals surface area contributed by atoms with Gasteiger partial charge < -0.3 is 5.32 Å². The number of rotatable bonds is 4. The van der Waals surface area contributed by atoms with Crippen molar-refractivity contribution >= 4 is 10.0 Å². The lowest BCUT2D eigenvalue weighted by molar-refractivity contribution is 0.117. The summed E-state index contributed by atoms with van der Waals surface area (Å²) in [5.74, 6) is 0.929. The SMILES string of the molecule is CC1CN2CCCC2CN1S(=O)(=O)CCC1CCNCC1. The number of hydrogen-bond donors (Lipinski definition) is 1. The monoisotopic (exact) mass is 315 g/mol. The average Bonchev–Trinajstić information content (AvgIpc) is 2.92. The van der Waals surface area contributed by atoms with Gasteiger partial charge in [-0.05, 0) is 64.6 Å². The normalized spacial score (nSPS) is 33.2. The fraction of sp³-hybridized carbons (Fsp3) is 1.00. The van der Waals surface area contributed by atoms with E-state index in [-0.39, 0.29) is 6.04 Å². The molecule has 21 heavy (non-hydrogen) atoms. The maximum absolute atomic E-state index is 12.7. The molecule has 3 saturated heterocycles. The number of hydrogen-bond acceptors (Lipinski definition) is 4. The number of fused-ring (bicyclic) bond motifs is 1. The summed E-state index contributed by atoms with van der Waals surface area (Å²) >= 11 is 0. The summed E-state index contributed by atoms with van der Waals surface area (Å²) < 4.78 is 27.2. The van der Waals surface area contributed by atoms with Crippen LogP contribution in [0, 0.1) is 5.92 Å². The molecular weight excluding hydrogens is 286 g/mol. The largest absolute Gasteiger partial charge is 0.317 e. The van der Waals surface area contributed by atoms with Crippen LogP contribution in [0.25, 0.3) is 0 Å². The lowest BCUT2D eigenvalue weighted by atomic mass is 9.96. The Kier molecular flexibility index (Phi) is 4.88. The third-order valence-corrected chi connectivity index (χ3v) is 7.46. The molecule has 1 N–H and O–H groups in total. The topological polar surface area (TPSA) is 52.7 Å². The van der Waals surface area contributed by atoms with Crippen LogP contribution >= 0.6 is 0 Å². The molecule has 0 aromatic rings. The summed E-state index contributed by atoms with van der Waals surface area (Å²) in [7, 11) is -3.08. The van der Waals surface area contributed by atoms with Crippen molar-refractivity contribution in [2.45, 2.75) is 51.1 Å². The van der Waals surface area contributed by atoms with Crippen LogP contribution in [0.2, 0.25) is 0 Å². The van der Waals surface area contributed by atoms with E-state index in [1.165, 1.54) is 6.42 Å². The van der Waals surface area contributed by atoms with Crippen LogP contribution in [0.4, 0.5) is 0 Å². The molecule has 6 heteroatoms. The number of sulfonamides is 1. The Morgan fingerprint density at radius 3 is 2.67 bits per heavy atom. The summed E-state index contributed by atoms with van der Waals surface area (Å²) in [6.07, 6.45) is 5.47. The molecule has 3 rings (SSSR count). The van der Waals surface area contributed by atoms with Crippen molar-refractivity contribution in [1.82, 2.24) is 14.5 Å². The highest BCUT2D eigenvalue weighted by molar-refractivity contribution is 7.89. The fourth-order valence-electron chi connectivity index (χ4n) is 4.15. The van der Waals surface area contributed by atoms with Crippen molar-refractivity contribution in [1.29, 1.82) is 0 Å². The van der Waals surface area contributed by atoms with Crippen LogP contribution in [0.5, 0.6) is 0 Å². The minimum absolute atomic E-state index is 0.136. The molecule has 0 amide bonds. The zero-order chi connectivity index (χ0) is 14.9. The van der Waals surface area contributed by atoms with Gasteiger partial charge in [0.2, 0.25) is 10.0 Å². The van der Waals surface area contributed by atoms with Crippen molar-refractivity contribution < 1.29 is 8.42 Å². The van der Waals surface area contributed by atoms with Gasteiger partial charge in [-0.15, -0.1) is 0 Å². The second kappa shape index (κ2) is 6.52. The van der Waals surface area contributed by atoms with Gasteiger partial charge in [0, 0.05) is 25.2 Å². The molecule has 122 valence electrons. The molecule has 3 aliphatic rings. The fourth-order valence-corrected chi connectivity index (χ4v) is 6.03. The highest BCUT2D eigenvalue weighted by Gasteiger charge is 2.39. The van der Waals surface area contributed by atoms with Gasteiger partial charge in [-0.3, -0.25) is 4.90 Å². The van der Waals surface area contributed by atoms with Crippen LogP contribution in [0.1, 0.15) is 39.0 Å². The average molecular weight is 315 g/mol. The van der Waals surface area contributed by atoms with Crippen molar-refractivity contribution in [2.24, 2.45) is 5.92 Å². The first kappa shape index (κ1) is 15.7. The van der Waals surface area contributed by atoms with Gasteiger partial charge in [0.25, 0.3) is 0 Å². The summed E-state index contributed by atoms with van der Waals surface area (Å²) in [5, 5.41) is 3.34. The van der Waals surface area contributed by atoms with E-state index in [4.69, 9.17) is 0 Å². The van der Waals surface area contributed by atoms with Crippen molar-refractivity contribution in [2.75, 3.05) is 38.5 Å². The minimum atomic E-state index is -3.08. The van der Waals surface area contributed by atoms with Crippen LogP contribution < -0.4 is 5.32 Å². The van der Waals surface area contributed by atoms with Gasteiger partial charge in [-0.1, -0.05) is 0 Å². The molecule has 0 aromatic carbocycles. The number of nitrogens with one attached hydrogen (secondary N) is 1. The zero-order valence-electron chi connectivity index (χ0n) is 13.1. The van der Waals surface area contributed by atoms with Crippen LogP contribution in [0.3, 0.4) is 0 Å². The molecule has 0 aromatic heterocycles. The van der Waals surface area contributed by atoms with E-state index in [1.807, 2.05) is 0 Å². The van der Waals surface area contributed by atoms with Crippen molar-refractivity contribution in [3.63, 3.8) is 0 Å². The first-order valence-corrected chi connectivity index (χ1v) is 10.1. The smallest absolute Gasteiger partial charge is 0.214 e. The van der Waals surface area contributed by atoms with E-state index in [9.17, 15) is 8.42 Å². The van der Waals surface area contributed by atoms with Gasteiger partial charge in [0.15, 0.2) is 0 Å². The standard InChI is InChI=1S/C15H29N3O2S/c1-13-11-17-9-2-3-15(17)12-18(13)21(19,20)10-6-14-4-7-16-8-5-14/h13-16H,2-12H2,1H3. The van der Waals surface area contributed by atoms with Crippen molar-refractivity contribution in [3.8, 4) is 0 Å². The Labute approximate surface area is 129 Å². The Hall–Kier alpha value is -0.170. The van der Waals surface area contributed by atoms with E-state index in [0.29, 0.717) is 17.7 Å². The third-order valence-electron chi connectivity index (χ3n) is 5.48. The minimum Gasteiger partial charge on any atom is -0.317 e. The van der Waals surface area contributed by atoms with Gasteiger partial charge in [0.05, 0.1) is 5.75 Å². The first-order chi connectivity index (χ1) is 10.1. The van der Waals surface area contributed by atoms with E-state index in [0.717, 1.165) is 58.4 Å². The van der Waals surface area contributed by atoms with Crippen LogP contribution in [0.15, 0.2) is 0 Å². The van der Waals surface area contributed by atoms with E-state index < -0.39 is 10.0 Å². The molecule has 0 radical (unpaired) electrons. The molecular formula is C15H29N3O2S. The molecule has 2 atom stereocenters. The molecule has 5 nitrogen and oxygen atoms in total. The van der Waals surface area contributed by atoms with E-state index in [1.54, 1.807) is 4.31 Å². The quantitative estimate of drug-likeness (QED) is 0.836. The third kappa shape index (κ3) is 3.60. The molecule has 0 bridgehead atoms. The summed E-state index contributed by atoms with van der Waals surface area (Å²) in [6.45, 7) is 6.94. The maximum Gasteiger partial charge on any atom is 0.214 e. The second-order valence-corrected chi connectivity index (χ2v) is 9.05. The molecule has 3 heterocycles. The number of nitrogens with zero attached hydrogens (tertiary/aromatic N) is 2. The second-order valence-electron chi connectivity index (χ2n) is 7.01.